The maximum absolute atomic E-state index is 13.2. The molecule has 0 aliphatic carbocycles. The zero-order valence-electron chi connectivity index (χ0n) is 15.2. The molecule has 2 N–H and O–H groups in total. The minimum absolute atomic E-state index is 0.229. The van der Waals surface area contributed by atoms with Gasteiger partial charge >= 0.3 is 0 Å². The van der Waals surface area contributed by atoms with Crippen molar-refractivity contribution in [3.63, 3.8) is 0 Å². The normalized spacial score (nSPS) is 15.8. The third-order valence-electron chi connectivity index (χ3n) is 4.57. The molecule has 0 saturated carbocycles. The lowest BCUT2D eigenvalue weighted by molar-refractivity contribution is -0.113. The van der Waals surface area contributed by atoms with E-state index in [0.717, 1.165) is 16.8 Å². The predicted molar refractivity (Wildman–Crippen MR) is 111 cm³/mol. The van der Waals surface area contributed by atoms with Gasteiger partial charge in [-0.05, 0) is 49.2 Å². The molecule has 3 aromatic rings. The average molecular weight is 414 g/mol. The van der Waals surface area contributed by atoms with Gasteiger partial charge in [0.15, 0.2) is 0 Å². The molecule has 4 rings (SSSR count). The monoisotopic (exact) mass is 413 g/mol. The minimum atomic E-state index is -0.488. The summed E-state index contributed by atoms with van der Waals surface area (Å²) in [5, 5.41) is 11.3. The molecule has 1 aliphatic rings. The Bertz CT molecular complexity index is 1110. The number of nitrogens with zero attached hydrogens (tertiary/aromatic N) is 3. The molecule has 1 aliphatic heterocycles. The Labute approximate surface area is 172 Å². The lowest BCUT2D eigenvalue weighted by atomic mass is 9.95. The number of allylic oxidation sites excluding steroid dienone is 1. The zero-order valence-corrected chi connectivity index (χ0v) is 16.7. The number of hydrogen-bond donors (Lipinski definition) is 2. The average Bonchev–Trinajstić information content (AvgIpc) is 3.10. The number of hydrogen-bond acceptors (Lipinski definition) is 4. The van der Waals surface area contributed by atoms with E-state index >= 15 is 0 Å². The van der Waals surface area contributed by atoms with Gasteiger partial charge < -0.3 is 10.6 Å². The number of carbonyl (C=O) groups is 1. The summed E-state index contributed by atoms with van der Waals surface area (Å²) in [7, 11) is 0. The summed E-state index contributed by atoms with van der Waals surface area (Å²) in [4.78, 5) is 17.5. The summed E-state index contributed by atoms with van der Waals surface area (Å²) in [5.41, 5.74) is 3.79. The van der Waals surface area contributed by atoms with Crippen LogP contribution >= 0.6 is 23.2 Å². The van der Waals surface area contributed by atoms with Gasteiger partial charge in [0.05, 0.1) is 15.6 Å². The third kappa shape index (κ3) is 3.37. The fourth-order valence-corrected chi connectivity index (χ4v) is 3.60. The molecule has 8 heteroatoms. The molecule has 1 unspecified atom stereocenters. The second-order valence-electron chi connectivity index (χ2n) is 6.59. The maximum Gasteiger partial charge on any atom is 0.255 e. The minimum Gasteiger partial charge on any atom is -0.328 e. The topological polar surface area (TPSA) is 71.8 Å². The van der Waals surface area contributed by atoms with Gasteiger partial charge in [-0.15, -0.1) is 0 Å². The maximum atomic E-state index is 13.2. The summed E-state index contributed by atoms with van der Waals surface area (Å²) in [6.07, 6.45) is 1.45. The number of anilines is 2. The van der Waals surface area contributed by atoms with Crippen molar-refractivity contribution in [1.82, 2.24) is 14.8 Å². The molecule has 6 nitrogen and oxygen atoms in total. The van der Waals surface area contributed by atoms with Crippen molar-refractivity contribution in [3.8, 4) is 0 Å². The molecule has 28 heavy (non-hydrogen) atoms. The number of benzene rings is 2. The number of halogens is 2. The van der Waals surface area contributed by atoms with E-state index in [9.17, 15) is 4.79 Å². The van der Waals surface area contributed by atoms with E-state index in [4.69, 9.17) is 23.2 Å². The SMILES string of the molecule is CC1=C(C(=O)Nc2cccc(C)c2)C(c2ccc(Cl)c(Cl)c2)n2ncnc2N1. The molecule has 0 radical (unpaired) electrons. The van der Waals surface area contributed by atoms with Crippen LogP contribution in [-0.4, -0.2) is 20.7 Å². The molecule has 142 valence electrons. The Hall–Kier alpha value is -2.83. The summed E-state index contributed by atoms with van der Waals surface area (Å²) in [6, 6.07) is 12.5. The van der Waals surface area contributed by atoms with Crippen molar-refractivity contribution in [2.45, 2.75) is 19.9 Å². The van der Waals surface area contributed by atoms with Crippen LogP contribution in [0, 0.1) is 6.92 Å². The van der Waals surface area contributed by atoms with Gasteiger partial charge in [-0.2, -0.15) is 10.1 Å². The smallest absolute Gasteiger partial charge is 0.255 e. The summed E-state index contributed by atoms with van der Waals surface area (Å²) in [5.74, 6) is 0.327. The van der Waals surface area contributed by atoms with Gasteiger partial charge in [0, 0.05) is 11.4 Å². The Kier molecular flexibility index (Phi) is 4.83. The van der Waals surface area contributed by atoms with Crippen LogP contribution in [0.4, 0.5) is 11.6 Å². The van der Waals surface area contributed by atoms with Crippen LogP contribution in [0.25, 0.3) is 0 Å². The van der Waals surface area contributed by atoms with Crippen LogP contribution < -0.4 is 10.6 Å². The highest BCUT2D eigenvalue weighted by atomic mass is 35.5. The van der Waals surface area contributed by atoms with Gasteiger partial charge in [-0.3, -0.25) is 4.79 Å². The van der Waals surface area contributed by atoms with Gasteiger partial charge in [-0.25, -0.2) is 4.68 Å². The molecule has 0 spiro atoms. The van der Waals surface area contributed by atoms with Crippen molar-refractivity contribution >= 4 is 40.7 Å². The van der Waals surface area contributed by atoms with E-state index in [-0.39, 0.29) is 5.91 Å². The van der Waals surface area contributed by atoms with Crippen LogP contribution in [-0.2, 0) is 4.79 Å². The zero-order chi connectivity index (χ0) is 19.8. The van der Waals surface area contributed by atoms with Crippen molar-refractivity contribution in [3.05, 3.63) is 81.2 Å². The highest BCUT2D eigenvalue weighted by Crippen LogP contribution is 2.37. The fraction of sp³-hybridized carbons (Fsp3) is 0.150. The molecule has 2 aromatic carbocycles. The van der Waals surface area contributed by atoms with Crippen LogP contribution in [0.5, 0.6) is 0 Å². The number of aromatic nitrogens is 3. The second kappa shape index (κ2) is 7.30. The Morgan fingerprint density at radius 1 is 1.14 bits per heavy atom. The largest absolute Gasteiger partial charge is 0.328 e. The van der Waals surface area contributed by atoms with Crippen molar-refractivity contribution in [2.24, 2.45) is 0 Å². The molecule has 1 atom stereocenters. The van der Waals surface area contributed by atoms with Crippen LogP contribution in [0.3, 0.4) is 0 Å². The molecular weight excluding hydrogens is 397 g/mol. The molecule has 1 amide bonds. The first kappa shape index (κ1) is 18.5. The molecule has 1 aromatic heterocycles. The summed E-state index contributed by atoms with van der Waals surface area (Å²) >= 11 is 12.3. The lowest BCUT2D eigenvalue weighted by Crippen LogP contribution is -2.31. The van der Waals surface area contributed by atoms with Gasteiger partial charge in [0.2, 0.25) is 5.95 Å². The van der Waals surface area contributed by atoms with E-state index in [1.807, 2.05) is 44.2 Å². The van der Waals surface area contributed by atoms with E-state index in [1.165, 1.54) is 6.33 Å². The highest BCUT2D eigenvalue weighted by molar-refractivity contribution is 6.42. The predicted octanol–water partition coefficient (Wildman–Crippen LogP) is 4.82. The van der Waals surface area contributed by atoms with E-state index in [0.29, 0.717) is 27.3 Å². The van der Waals surface area contributed by atoms with Crippen molar-refractivity contribution < 1.29 is 4.79 Å². The Morgan fingerprint density at radius 3 is 2.71 bits per heavy atom. The van der Waals surface area contributed by atoms with Crippen molar-refractivity contribution in [2.75, 3.05) is 10.6 Å². The third-order valence-corrected chi connectivity index (χ3v) is 5.31. The first-order chi connectivity index (χ1) is 13.4. The Morgan fingerprint density at radius 2 is 1.96 bits per heavy atom. The van der Waals surface area contributed by atoms with E-state index in [2.05, 4.69) is 20.7 Å². The van der Waals surface area contributed by atoms with E-state index < -0.39 is 6.04 Å². The van der Waals surface area contributed by atoms with Crippen molar-refractivity contribution in [1.29, 1.82) is 0 Å². The molecule has 0 saturated heterocycles. The molecule has 0 fully saturated rings. The Balaban J connectivity index is 1.78. The summed E-state index contributed by atoms with van der Waals surface area (Å²) in [6.45, 7) is 3.82. The second-order valence-corrected chi connectivity index (χ2v) is 7.41. The number of amides is 1. The number of rotatable bonds is 3. The van der Waals surface area contributed by atoms with Crippen LogP contribution in [0.2, 0.25) is 10.0 Å². The van der Waals surface area contributed by atoms with Gasteiger partial charge in [0.1, 0.15) is 12.4 Å². The molecular formula is C20H17Cl2N5O. The van der Waals surface area contributed by atoms with Crippen LogP contribution in [0.1, 0.15) is 24.1 Å². The highest BCUT2D eigenvalue weighted by Gasteiger charge is 2.33. The van der Waals surface area contributed by atoms with E-state index in [1.54, 1.807) is 16.8 Å². The van der Waals surface area contributed by atoms with Gasteiger partial charge in [-0.1, -0.05) is 41.4 Å². The standard InChI is InChI=1S/C20H17Cl2N5O/c1-11-4-3-5-14(8-11)26-19(28)17-12(2)25-20-23-10-24-27(20)18(17)13-6-7-15(21)16(22)9-13/h3-10,18H,1-2H3,(H,26,28)(H,23,24,25). The first-order valence-corrected chi connectivity index (χ1v) is 9.40. The molecule has 2 heterocycles. The number of carbonyl (C=O) groups excluding carboxylic acids is 1. The summed E-state index contributed by atoms with van der Waals surface area (Å²) < 4.78 is 1.66. The quantitative estimate of drug-likeness (QED) is 0.645. The van der Waals surface area contributed by atoms with Crippen LogP contribution in [0.15, 0.2) is 60.1 Å². The molecule has 0 bridgehead atoms. The first-order valence-electron chi connectivity index (χ1n) is 8.64. The van der Waals surface area contributed by atoms with Gasteiger partial charge in [0.25, 0.3) is 5.91 Å². The number of nitrogens with one attached hydrogen (secondary N) is 2. The number of aryl methyl sites for hydroxylation is 1. The number of fused-ring (bicyclic) bond motifs is 1. The fourth-order valence-electron chi connectivity index (χ4n) is 3.30. The lowest BCUT2D eigenvalue weighted by Gasteiger charge is -2.29.